The summed E-state index contributed by atoms with van der Waals surface area (Å²) >= 11 is 0. The van der Waals surface area contributed by atoms with Crippen molar-refractivity contribution >= 4 is 21.6 Å². The molecule has 3 aromatic rings. The predicted molar refractivity (Wildman–Crippen MR) is 115 cm³/mol. The molecule has 0 radical (unpaired) electrons. The third-order valence-electron chi connectivity index (χ3n) is 4.78. The third kappa shape index (κ3) is 5.04. The standard InChI is InChI=1S/C23H23FN2O3S/c1-15-4-11-21(12-5-15)30(28,29)26-22-13-8-19(14-16(22)2)23(27)25-17(3)18-6-9-20(24)10-7-18/h4-14,17,26H,1-3H3,(H,25,27). The maximum absolute atomic E-state index is 13.1. The molecule has 0 spiro atoms. The smallest absolute Gasteiger partial charge is 0.261 e. The molecule has 0 saturated carbocycles. The van der Waals surface area contributed by atoms with E-state index in [0.29, 0.717) is 16.8 Å². The van der Waals surface area contributed by atoms with Gasteiger partial charge in [-0.3, -0.25) is 9.52 Å². The molecule has 5 nitrogen and oxygen atoms in total. The van der Waals surface area contributed by atoms with Gasteiger partial charge in [0.25, 0.3) is 15.9 Å². The lowest BCUT2D eigenvalue weighted by Gasteiger charge is -2.16. The van der Waals surface area contributed by atoms with Crippen molar-refractivity contribution in [1.29, 1.82) is 0 Å². The number of benzene rings is 3. The number of hydrogen-bond acceptors (Lipinski definition) is 3. The van der Waals surface area contributed by atoms with Gasteiger partial charge in [0.05, 0.1) is 16.6 Å². The molecule has 156 valence electrons. The van der Waals surface area contributed by atoms with Gasteiger partial charge in [0.1, 0.15) is 5.82 Å². The minimum atomic E-state index is -3.73. The minimum Gasteiger partial charge on any atom is -0.346 e. The van der Waals surface area contributed by atoms with E-state index in [2.05, 4.69) is 10.0 Å². The van der Waals surface area contributed by atoms with E-state index in [0.717, 1.165) is 11.1 Å². The highest BCUT2D eigenvalue weighted by molar-refractivity contribution is 7.92. The molecule has 0 saturated heterocycles. The van der Waals surface area contributed by atoms with Gasteiger partial charge in [0, 0.05) is 5.56 Å². The second-order valence-electron chi connectivity index (χ2n) is 7.19. The number of aryl methyl sites for hydroxylation is 2. The molecule has 0 bridgehead atoms. The zero-order valence-electron chi connectivity index (χ0n) is 16.9. The van der Waals surface area contributed by atoms with Crippen LogP contribution in [0.1, 0.15) is 40.0 Å². The van der Waals surface area contributed by atoms with Gasteiger partial charge in [-0.25, -0.2) is 12.8 Å². The molecule has 0 aliphatic carbocycles. The number of amides is 1. The van der Waals surface area contributed by atoms with Gasteiger partial charge in [-0.05, 0) is 74.4 Å². The second-order valence-corrected chi connectivity index (χ2v) is 8.88. The van der Waals surface area contributed by atoms with Crippen LogP contribution in [-0.4, -0.2) is 14.3 Å². The summed E-state index contributed by atoms with van der Waals surface area (Å²) in [5, 5.41) is 2.86. The molecular formula is C23H23FN2O3S. The topological polar surface area (TPSA) is 75.3 Å². The van der Waals surface area contributed by atoms with Gasteiger partial charge in [0.15, 0.2) is 0 Å². The fraction of sp³-hybridized carbons (Fsp3) is 0.174. The molecule has 0 aromatic heterocycles. The van der Waals surface area contributed by atoms with Crippen LogP contribution in [0.2, 0.25) is 0 Å². The zero-order chi connectivity index (χ0) is 21.9. The van der Waals surface area contributed by atoms with Crippen molar-refractivity contribution in [1.82, 2.24) is 5.32 Å². The molecular weight excluding hydrogens is 403 g/mol. The van der Waals surface area contributed by atoms with Crippen LogP contribution >= 0.6 is 0 Å². The molecule has 3 aromatic carbocycles. The summed E-state index contributed by atoms with van der Waals surface area (Å²) in [6, 6.07) is 16.9. The average molecular weight is 427 g/mol. The fourth-order valence-electron chi connectivity index (χ4n) is 2.96. The highest BCUT2D eigenvalue weighted by Gasteiger charge is 2.17. The fourth-order valence-corrected chi connectivity index (χ4v) is 4.09. The van der Waals surface area contributed by atoms with Crippen LogP contribution in [0.3, 0.4) is 0 Å². The lowest BCUT2D eigenvalue weighted by Crippen LogP contribution is -2.26. The van der Waals surface area contributed by atoms with E-state index in [1.807, 2.05) is 13.8 Å². The number of nitrogens with one attached hydrogen (secondary N) is 2. The number of carbonyl (C=O) groups excluding carboxylic acids is 1. The van der Waals surface area contributed by atoms with Crippen LogP contribution in [0.4, 0.5) is 10.1 Å². The quantitative estimate of drug-likeness (QED) is 0.598. The van der Waals surface area contributed by atoms with Crippen LogP contribution in [-0.2, 0) is 10.0 Å². The number of rotatable bonds is 6. The monoisotopic (exact) mass is 426 g/mol. The van der Waals surface area contributed by atoms with Crippen LogP contribution in [0.5, 0.6) is 0 Å². The lowest BCUT2D eigenvalue weighted by atomic mass is 10.1. The van der Waals surface area contributed by atoms with E-state index >= 15 is 0 Å². The molecule has 1 unspecified atom stereocenters. The first kappa shape index (κ1) is 21.5. The number of anilines is 1. The summed E-state index contributed by atoms with van der Waals surface area (Å²) in [6.07, 6.45) is 0. The largest absolute Gasteiger partial charge is 0.346 e. The van der Waals surface area contributed by atoms with Crippen molar-refractivity contribution in [2.24, 2.45) is 0 Å². The van der Waals surface area contributed by atoms with Crippen LogP contribution in [0.15, 0.2) is 71.6 Å². The number of carbonyl (C=O) groups is 1. The van der Waals surface area contributed by atoms with Crippen LogP contribution in [0, 0.1) is 19.7 Å². The Morgan fingerprint density at radius 1 is 0.933 bits per heavy atom. The highest BCUT2D eigenvalue weighted by Crippen LogP contribution is 2.22. The van der Waals surface area contributed by atoms with Crippen molar-refractivity contribution < 1.29 is 17.6 Å². The van der Waals surface area contributed by atoms with Gasteiger partial charge in [-0.2, -0.15) is 0 Å². The first-order chi connectivity index (χ1) is 14.2. The molecule has 1 atom stereocenters. The summed E-state index contributed by atoms with van der Waals surface area (Å²) in [5.74, 6) is -0.639. The normalized spacial score (nSPS) is 12.3. The summed E-state index contributed by atoms with van der Waals surface area (Å²) in [5.41, 5.74) is 3.17. The molecule has 0 heterocycles. The molecule has 30 heavy (non-hydrogen) atoms. The van der Waals surface area contributed by atoms with E-state index in [1.165, 1.54) is 12.1 Å². The van der Waals surface area contributed by atoms with Crippen molar-refractivity contribution in [3.8, 4) is 0 Å². The minimum absolute atomic E-state index is 0.169. The summed E-state index contributed by atoms with van der Waals surface area (Å²) < 4.78 is 40.8. The number of sulfonamides is 1. The molecule has 3 rings (SSSR count). The Balaban J connectivity index is 1.73. The first-order valence-electron chi connectivity index (χ1n) is 9.42. The Bertz CT molecular complexity index is 1160. The third-order valence-corrected chi connectivity index (χ3v) is 6.16. The SMILES string of the molecule is Cc1ccc(S(=O)(=O)Nc2ccc(C(=O)NC(C)c3ccc(F)cc3)cc2C)cc1. The first-order valence-corrected chi connectivity index (χ1v) is 10.9. The van der Waals surface area contributed by atoms with Gasteiger partial charge in [0.2, 0.25) is 0 Å². The van der Waals surface area contributed by atoms with Crippen LogP contribution in [0.25, 0.3) is 0 Å². The molecule has 7 heteroatoms. The van der Waals surface area contributed by atoms with Crippen molar-refractivity contribution in [2.75, 3.05) is 4.72 Å². The molecule has 0 aliphatic rings. The van der Waals surface area contributed by atoms with E-state index < -0.39 is 10.0 Å². The molecule has 2 N–H and O–H groups in total. The van der Waals surface area contributed by atoms with Gasteiger partial charge >= 0.3 is 0 Å². The number of halogens is 1. The molecule has 0 fully saturated rings. The van der Waals surface area contributed by atoms with Crippen molar-refractivity contribution in [2.45, 2.75) is 31.7 Å². The Hall–Kier alpha value is -3.19. The highest BCUT2D eigenvalue weighted by atomic mass is 32.2. The van der Waals surface area contributed by atoms with Crippen molar-refractivity contribution in [3.63, 3.8) is 0 Å². The Morgan fingerprint density at radius 3 is 2.17 bits per heavy atom. The van der Waals surface area contributed by atoms with Crippen molar-refractivity contribution in [3.05, 3.63) is 94.8 Å². The van der Waals surface area contributed by atoms with E-state index in [9.17, 15) is 17.6 Å². The maximum Gasteiger partial charge on any atom is 0.261 e. The Morgan fingerprint density at radius 2 is 1.57 bits per heavy atom. The Labute approximate surface area is 176 Å². The molecule has 0 aliphatic heterocycles. The second kappa shape index (κ2) is 8.67. The van der Waals surface area contributed by atoms with E-state index in [-0.39, 0.29) is 22.7 Å². The van der Waals surface area contributed by atoms with Gasteiger partial charge in [-0.15, -0.1) is 0 Å². The lowest BCUT2D eigenvalue weighted by molar-refractivity contribution is 0.0940. The zero-order valence-corrected chi connectivity index (χ0v) is 17.8. The maximum atomic E-state index is 13.1. The summed E-state index contributed by atoms with van der Waals surface area (Å²) in [4.78, 5) is 12.7. The summed E-state index contributed by atoms with van der Waals surface area (Å²) in [6.45, 7) is 5.42. The average Bonchev–Trinajstić information content (AvgIpc) is 2.70. The molecule has 1 amide bonds. The summed E-state index contributed by atoms with van der Waals surface area (Å²) in [7, 11) is -3.73. The predicted octanol–water partition coefficient (Wildman–Crippen LogP) is 4.73. The van der Waals surface area contributed by atoms with Gasteiger partial charge in [-0.1, -0.05) is 29.8 Å². The van der Waals surface area contributed by atoms with Crippen LogP contribution < -0.4 is 10.0 Å². The van der Waals surface area contributed by atoms with E-state index in [1.54, 1.807) is 61.5 Å². The Kier molecular flexibility index (Phi) is 6.22. The van der Waals surface area contributed by atoms with Gasteiger partial charge < -0.3 is 5.32 Å². The van der Waals surface area contributed by atoms with E-state index in [4.69, 9.17) is 0 Å². The number of hydrogen-bond donors (Lipinski definition) is 2.